The maximum Gasteiger partial charge on any atom is 0.433 e. The van der Waals surface area contributed by atoms with Crippen LogP contribution in [0, 0.1) is 17.3 Å². The third-order valence-corrected chi connectivity index (χ3v) is 8.97. The molecule has 2 spiro atoms. The molecule has 1 aromatic rings. The van der Waals surface area contributed by atoms with Crippen molar-refractivity contribution >= 4 is 11.9 Å². The molecule has 1 amide bonds. The Morgan fingerprint density at radius 1 is 1.20 bits per heavy atom. The SMILES string of the molecule is CC1COCCC1N[C@@H]1CC[C@@]2(C1)C(=O)N1CCN(c3nccc(C(F)(F)F)n3)CC13OCCC32. The van der Waals surface area contributed by atoms with Crippen molar-refractivity contribution in [2.45, 2.75) is 63.0 Å². The summed E-state index contributed by atoms with van der Waals surface area (Å²) in [5.74, 6) is 0.634. The maximum atomic E-state index is 13.9. The van der Waals surface area contributed by atoms with Gasteiger partial charge in [0.25, 0.3) is 0 Å². The highest BCUT2D eigenvalue weighted by Crippen LogP contribution is 2.61. The van der Waals surface area contributed by atoms with Crippen LogP contribution in [0.25, 0.3) is 0 Å². The van der Waals surface area contributed by atoms with Gasteiger partial charge in [-0.15, -0.1) is 0 Å². The molecule has 0 aromatic carbocycles. The van der Waals surface area contributed by atoms with Crippen LogP contribution in [0.5, 0.6) is 0 Å². The number of piperazine rings is 1. The quantitative estimate of drug-likeness (QED) is 0.690. The predicted molar refractivity (Wildman–Crippen MR) is 119 cm³/mol. The third kappa shape index (κ3) is 3.64. The van der Waals surface area contributed by atoms with E-state index >= 15 is 0 Å². The van der Waals surface area contributed by atoms with Crippen LogP contribution in [0.3, 0.4) is 0 Å². The highest BCUT2D eigenvalue weighted by molar-refractivity contribution is 5.88. The van der Waals surface area contributed by atoms with Gasteiger partial charge in [-0.1, -0.05) is 6.92 Å². The van der Waals surface area contributed by atoms with E-state index in [-0.39, 0.29) is 23.8 Å². The van der Waals surface area contributed by atoms with Gasteiger partial charge in [-0.25, -0.2) is 9.97 Å². The first-order valence-electron chi connectivity index (χ1n) is 12.7. The smallest absolute Gasteiger partial charge is 0.381 e. The van der Waals surface area contributed by atoms with E-state index in [0.717, 1.165) is 57.6 Å². The number of hydrogen-bond donors (Lipinski definition) is 1. The van der Waals surface area contributed by atoms with Crippen LogP contribution in [0.2, 0.25) is 0 Å². The zero-order chi connectivity index (χ0) is 24.4. The lowest BCUT2D eigenvalue weighted by atomic mass is 9.71. The maximum absolute atomic E-state index is 13.9. The monoisotopic (exact) mass is 495 g/mol. The van der Waals surface area contributed by atoms with Gasteiger partial charge in [-0.3, -0.25) is 4.79 Å². The number of amides is 1. The first-order chi connectivity index (χ1) is 16.7. The van der Waals surface area contributed by atoms with Crippen LogP contribution in [-0.4, -0.2) is 78.0 Å². The minimum absolute atomic E-state index is 0.00927. The Hall–Kier alpha value is -1.98. The van der Waals surface area contributed by atoms with E-state index in [1.165, 1.54) is 0 Å². The Balaban J connectivity index is 1.24. The predicted octanol–water partition coefficient (Wildman–Crippen LogP) is 2.44. The van der Waals surface area contributed by atoms with Gasteiger partial charge in [-0.2, -0.15) is 13.2 Å². The summed E-state index contributed by atoms with van der Waals surface area (Å²) in [6.07, 6.45) is 0.902. The average Bonchev–Trinajstić information content (AvgIpc) is 3.49. The van der Waals surface area contributed by atoms with Crippen LogP contribution in [0.15, 0.2) is 12.3 Å². The zero-order valence-corrected chi connectivity index (χ0v) is 19.9. The number of ether oxygens (including phenoxy) is 2. The lowest BCUT2D eigenvalue weighted by Gasteiger charge is -2.46. The molecule has 4 aliphatic heterocycles. The fourth-order valence-corrected chi connectivity index (χ4v) is 7.34. The van der Waals surface area contributed by atoms with E-state index in [0.29, 0.717) is 38.2 Å². The Morgan fingerprint density at radius 2 is 2.06 bits per heavy atom. The molecule has 5 fully saturated rings. The number of nitrogens with one attached hydrogen (secondary N) is 1. The Labute approximate surface area is 202 Å². The lowest BCUT2D eigenvalue weighted by Crippen LogP contribution is -2.62. The molecule has 4 unspecified atom stereocenters. The van der Waals surface area contributed by atoms with Crippen LogP contribution in [0.4, 0.5) is 19.1 Å². The van der Waals surface area contributed by atoms with E-state index in [1.807, 2.05) is 4.90 Å². The number of aromatic nitrogens is 2. The average molecular weight is 496 g/mol. The van der Waals surface area contributed by atoms with Gasteiger partial charge in [0, 0.05) is 43.9 Å². The fourth-order valence-electron chi connectivity index (χ4n) is 7.34. The van der Waals surface area contributed by atoms with Crippen molar-refractivity contribution in [3.8, 4) is 0 Å². The molecular weight excluding hydrogens is 463 g/mol. The molecule has 6 atom stereocenters. The standard InChI is InChI=1S/C24H32F3N5O3/c1-15-13-34-10-4-17(15)29-16-2-6-22(12-16)18-5-11-35-23(18)14-31(8-9-32(23)20(22)33)21-28-7-3-19(30-21)24(25,26)27/h3,7,15-18,29H,2,4-6,8-14H2,1H3/t15?,16-,17?,18?,22+,23?/m1/s1. The number of nitrogens with zero attached hydrogens (tertiary/aromatic N) is 4. The highest BCUT2D eigenvalue weighted by atomic mass is 19.4. The molecule has 35 heavy (non-hydrogen) atoms. The Morgan fingerprint density at radius 3 is 2.86 bits per heavy atom. The molecule has 0 radical (unpaired) electrons. The van der Waals surface area contributed by atoms with Crippen molar-refractivity contribution < 1.29 is 27.4 Å². The molecule has 1 aliphatic carbocycles. The number of fused-ring (bicyclic) bond motifs is 1. The zero-order valence-electron chi connectivity index (χ0n) is 19.9. The lowest BCUT2D eigenvalue weighted by molar-refractivity contribution is -0.155. The summed E-state index contributed by atoms with van der Waals surface area (Å²) < 4.78 is 51.6. The Bertz CT molecular complexity index is 995. The molecule has 8 nitrogen and oxygen atoms in total. The first kappa shape index (κ1) is 23.4. The summed E-state index contributed by atoms with van der Waals surface area (Å²) >= 11 is 0. The van der Waals surface area contributed by atoms with E-state index in [4.69, 9.17) is 9.47 Å². The van der Waals surface area contributed by atoms with Crippen LogP contribution in [0.1, 0.15) is 44.7 Å². The number of carbonyl (C=O) groups is 1. The second-order valence-corrected chi connectivity index (χ2v) is 10.9. The summed E-state index contributed by atoms with van der Waals surface area (Å²) in [7, 11) is 0. The normalized spacial score (nSPS) is 39.4. The second kappa shape index (κ2) is 8.27. The van der Waals surface area contributed by atoms with Crippen molar-refractivity contribution in [2.24, 2.45) is 17.3 Å². The number of anilines is 1. The van der Waals surface area contributed by atoms with Gasteiger partial charge in [0.15, 0.2) is 5.72 Å². The molecule has 11 heteroatoms. The summed E-state index contributed by atoms with van der Waals surface area (Å²) in [5.41, 5.74) is -2.27. The van der Waals surface area contributed by atoms with Crippen molar-refractivity contribution in [2.75, 3.05) is 44.4 Å². The summed E-state index contributed by atoms with van der Waals surface area (Å²) in [5, 5.41) is 3.82. The summed E-state index contributed by atoms with van der Waals surface area (Å²) in [6, 6.07) is 1.54. The fraction of sp³-hybridized carbons (Fsp3) is 0.792. The van der Waals surface area contributed by atoms with Crippen molar-refractivity contribution in [1.29, 1.82) is 0 Å². The molecular formula is C24H32F3N5O3. The first-order valence-corrected chi connectivity index (χ1v) is 12.7. The molecule has 5 aliphatic rings. The number of rotatable bonds is 3. The van der Waals surface area contributed by atoms with Gasteiger partial charge in [-0.05, 0) is 44.1 Å². The molecule has 1 aromatic heterocycles. The number of carbonyl (C=O) groups excluding carboxylic acids is 1. The van der Waals surface area contributed by atoms with E-state index in [1.54, 1.807) is 4.90 Å². The van der Waals surface area contributed by atoms with Gasteiger partial charge >= 0.3 is 6.18 Å². The van der Waals surface area contributed by atoms with Gasteiger partial charge in [0.1, 0.15) is 5.69 Å². The molecule has 1 saturated carbocycles. The summed E-state index contributed by atoms with van der Waals surface area (Å²) in [6.45, 7) is 5.33. The van der Waals surface area contributed by atoms with E-state index in [9.17, 15) is 18.0 Å². The van der Waals surface area contributed by atoms with Gasteiger partial charge in [0.2, 0.25) is 11.9 Å². The topological polar surface area (TPSA) is 79.8 Å². The van der Waals surface area contributed by atoms with Crippen LogP contribution < -0.4 is 10.2 Å². The summed E-state index contributed by atoms with van der Waals surface area (Å²) in [4.78, 5) is 25.5. The second-order valence-electron chi connectivity index (χ2n) is 10.9. The molecule has 192 valence electrons. The minimum atomic E-state index is -4.54. The number of halogens is 3. The van der Waals surface area contributed by atoms with Crippen LogP contribution in [-0.2, 0) is 20.4 Å². The molecule has 4 saturated heterocycles. The molecule has 0 bridgehead atoms. The van der Waals surface area contributed by atoms with Crippen molar-refractivity contribution in [3.63, 3.8) is 0 Å². The van der Waals surface area contributed by atoms with E-state index in [2.05, 4.69) is 22.2 Å². The third-order valence-electron chi connectivity index (χ3n) is 8.97. The molecule has 1 N–H and O–H groups in total. The highest BCUT2D eigenvalue weighted by Gasteiger charge is 2.71. The van der Waals surface area contributed by atoms with E-state index < -0.39 is 23.0 Å². The van der Waals surface area contributed by atoms with Gasteiger partial charge < -0.3 is 24.6 Å². The largest absolute Gasteiger partial charge is 0.433 e. The van der Waals surface area contributed by atoms with Gasteiger partial charge in [0.05, 0.1) is 25.2 Å². The molecule has 5 heterocycles. The minimum Gasteiger partial charge on any atom is -0.381 e. The number of hydrogen-bond acceptors (Lipinski definition) is 7. The molecule has 6 rings (SSSR count). The van der Waals surface area contributed by atoms with Crippen molar-refractivity contribution in [1.82, 2.24) is 20.2 Å². The number of alkyl halides is 3. The Kier molecular flexibility index (Phi) is 5.54. The van der Waals surface area contributed by atoms with Crippen molar-refractivity contribution in [3.05, 3.63) is 18.0 Å². The van der Waals surface area contributed by atoms with Crippen LogP contribution >= 0.6 is 0 Å².